The van der Waals surface area contributed by atoms with Gasteiger partial charge in [0.05, 0.1) is 35.5 Å². The maximum atomic E-state index is 13.5. The van der Waals surface area contributed by atoms with Gasteiger partial charge in [-0.25, -0.2) is 9.07 Å². The maximum absolute atomic E-state index is 13.5. The van der Waals surface area contributed by atoms with Gasteiger partial charge in [-0.15, -0.1) is 0 Å². The molecule has 0 unspecified atom stereocenters. The first kappa shape index (κ1) is 22.9. The molecule has 2 aliphatic rings. The van der Waals surface area contributed by atoms with Crippen LogP contribution in [0.3, 0.4) is 0 Å². The summed E-state index contributed by atoms with van der Waals surface area (Å²) >= 11 is 0. The third-order valence-electron chi connectivity index (χ3n) is 8.47. The molecule has 182 valence electrons. The van der Waals surface area contributed by atoms with Gasteiger partial charge in [0, 0.05) is 22.7 Å². The van der Waals surface area contributed by atoms with Crippen molar-refractivity contribution in [3.05, 3.63) is 89.6 Å². The van der Waals surface area contributed by atoms with Crippen molar-refractivity contribution in [2.24, 2.45) is 5.92 Å². The smallest absolute Gasteiger partial charge is 0.123 e. The van der Waals surface area contributed by atoms with E-state index in [2.05, 4.69) is 34.4 Å². The number of aliphatic hydroxyl groups is 1. The molecule has 0 saturated heterocycles. The van der Waals surface area contributed by atoms with E-state index in [1.807, 2.05) is 29.2 Å². The van der Waals surface area contributed by atoms with Gasteiger partial charge in [-0.2, -0.15) is 10.4 Å². The molecule has 1 fully saturated rings. The second kappa shape index (κ2) is 8.83. The van der Waals surface area contributed by atoms with Gasteiger partial charge >= 0.3 is 0 Å². The van der Waals surface area contributed by atoms with E-state index >= 15 is 0 Å². The van der Waals surface area contributed by atoms with Crippen molar-refractivity contribution in [3.63, 3.8) is 0 Å². The second-order valence-electron chi connectivity index (χ2n) is 10.6. The second-order valence-corrected chi connectivity index (χ2v) is 10.6. The maximum Gasteiger partial charge on any atom is 0.123 e. The number of fused-ring (bicyclic) bond motifs is 4. The number of hydrogen-bond acceptors (Lipinski definition) is 4. The molecular formula is C30H29FN4O. The Morgan fingerprint density at radius 2 is 2.00 bits per heavy atom. The summed E-state index contributed by atoms with van der Waals surface area (Å²) in [6, 6.07) is 19.3. The van der Waals surface area contributed by atoms with Gasteiger partial charge in [0.1, 0.15) is 5.82 Å². The first-order valence-electron chi connectivity index (χ1n) is 12.8. The number of nitrogens with zero attached hydrogens (tertiary/aromatic N) is 4. The molecule has 2 aromatic heterocycles. The van der Waals surface area contributed by atoms with E-state index in [4.69, 9.17) is 0 Å². The summed E-state index contributed by atoms with van der Waals surface area (Å²) in [4.78, 5) is 4.69. The number of halogens is 1. The molecule has 1 saturated carbocycles. The Bertz CT molecular complexity index is 1440. The van der Waals surface area contributed by atoms with Crippen molar-refractivity contribution < 1.29 is 9.50 Å². The molecule has 6 rings (SSSR count). The van der Waals surface area contributed by atoms with Crippen LogP contribution in [0.15, 0.2) is 67.0 Å². The lowest BCUT2D eigenvalue weighted by Gasteiger charge is -2.50. The molecule has 2 aromatic carbocycles. The monoisotopic (exact) mass is 480 g/mol. The summed E-state index contributed by atoms with van der Waals surface area (Å²) in [7, 11) is 0. The molecule has 2 heterocycles. The van der Waals surface area contributed by atoms with Crippen molar-refractivity contribution >= 4 is 10.9 Å². The average Bonchev–Trinajstić information content (AvgIpc) is 3.23. The Hall–Kier alpha value is -3.56. The molecule has 0 spiro atoms. The van der Waals surface area contributed by atoms with E-state index in [1.54, 1.807) is 12.1 Å². The molecule has 5 nitrogen and oxygen atoms in total. The zero-order valence-corrected chi connectivity index (χ0v) is 20.2. The fraction of sp³-hybridized carbons (Fsp3) is 0.367. The number of hydrogen-bond donors (Lipinski definition) is 1. The normalized spacial score (nSPS) is 25.5. The van der Waals surface area contributed by atoms with Crippen LogP contribution in [0.1, 0.15) is 55.3 Å². The van der Waals surface area contributed by atoms with Crippen LogP contribution < -0.4 is 0 Å². The highest BCUT2D eigenvalue weighted by atomic mass is 19.1. The fourth-order valence-corrected chi connectivity index (χ4v) is 6.72. The predicted octanol–water partition coefficient (Wildman–Crippen LogP) is 5.82. The summed E-state index contributed by atoms with van der Waals surface area (Å²) in [5.41, 5.74) is 4.48. The number of pyridine rings is 1. The lowest BCUT2D eigenvalue weighted by atomic mass is 9.56. The number of aryl methyl sites for hydroxylation is 1. The van der Waals surface area contributed by atoms with Crippen molar-refractivity contribution in [2.45, 2.75) is 62.4 Å². The minimum Gasteiger partial charge on any atom is -0.389 e. The van der Waals surface area contributed by atoms with Crippen LogP contribution in [0.25, 0.3) is 16.6 Å². The summed E-state index contributed by atoms with van der Waals surface area (Å²) in [5.74, 6) is -0.00214. The largest absolute Gasteiger partial charge is 0.389 e. The quantitative estimate of drug-likeness (QED) is 0.399. The standard InChI is InChI=1S/C30H29FN4O/c31-24-7-9-26(10-8-24)35-28-17-21-4-3-5-23-18-29(36,13-14-32)11-12-30(23,19-25-6-1-2-15-33-25)27(21)16-22(28)20-34-35/h1-2,6-10,15-17,20,23,36H,3-5,11-13,18-19H2/t23-,29-,30-/m0/s1. The molecule has 6 heteroatoms. The third kappa shape index (κ3) is 3.88. The highest BCUT2D eigenvalue weighted by Gasteiger charge is 2.51. The SMILES string of the molecule is N#CC[C@@]1(O)CC[C@@]2(Cc3ccccn3)c3cc4cnn(-c5ccc(F)cc5)c4cc3CCC[C@H]2C1. The van der Waals surface area contributed by atoms with Crippen molar-refractivity contribution in [1.29, 1.82) is 5.26 Å². The fourth-order valence-electron chi connectivity index (χ4n) is 6.72. The van der Waals surface area contributed by atoms with Gasteiger partial charge in [0.2, 0.25) is 0 Å². The Morgan fingerprint density at radius 1 is 1.14 bits per heavy atom. The van der Waals surface area contributed by atoms with Gasteiger partial charge in [0.25, 0.3) is 0 Å². The highest BCUT2D eigenvalue weighted by molar-refractivity contribution is 5.82. The van der Waals surface area contributed by atoms with Crippen LogP contribution in [0.5, 0.6) is 0 Å². The minimum atomic E-state index is -0.922. The topological polar surface area (TPSA) is 74.7 Å². The van der Waals surface area contributed by atoms with Crippen LogP contribution in [0, 0.1) is 23.1 Å². The van der Waals surface area contributed by atoms with Crippen molar-refractivity contribution in [3.8, 4) is 11.8 Å². The van der Waals surface area contributed by atoms with Crippen LogP contribution in [0.2, 0.25) is 0 Å². The van der Waals surface area contributed by atoms with Gasteiger partial charge in [-0.3, -0.25) is 4.98 Å². The van der Waals surface area contributed by atoms with Crippen molar-refractivity contribution in [2.75, 3.05) is 0 Å². The molecule has 2 aliphatic carbocycles. The summed E-state index contributed by atoms with van der Waals surface area (Å²) in [5, 5.41) is 26.4. The zero-order valence-electron chi connectivity index (χ0n) is 20.2. The highest BCUT2D eigenvalue weighted by Crippen LogP contribution is 2.54. The zero-order chi connectivity index (χ0) is 24.8. The first-order chi connectivity index (χ1) is 17.5. The van der Waals surface area contributed by atoms with E-state index in [0.717, 1.165) is 54.4 Å². The third-order valence-corrected chi connectivity index (χ3v) is 8.47. The van der Waals surface area contributed by atoms with Gasteiger partial charge in [0.15, 0.2) is 0 Å². The molecule has 1 N–H and O–H groups in total. The minimum absolute atomic E-state index is 0.159. The van der Waals surface area contributed by atoms with E-state index in [-0.39, 0.29) is 23.6 Å². The summed E-state index contributed by atoms with van der Waals surface area (Å²) in [6.07, 6.45) is 9.79. The average molecular weight is 481 g/mol. The van der Waals surface area contributed by atoms with Crippen LogP contribution in [0.4, 0.5) is 4.39 Å². The molecule has 36 heavy (non-hydrogen) atoms. The Balaban J connectivity index is 1.50. The van der Waals surface area contributed by atoms with Crippen LogP contribution >= 0.6 is 0 Å². The van der Waals surface area contributed by atoms with E-state index in [1.165, 1.54) is 23.3 Å². The Labute approximate surface area is 210 Å². The lowest BCUT2D eigenvalue weighted by Crippen LogP contribution is -2.49. The molecule has 0 aliphatic heterocycles. The number of benzene rings is 2. The van der Waals surface area contributed by atoms with Crippen molar-refractivity contribution in [1.82, 2.24) is 14.8 Å². The van der Waals surface area contributed by atoms with Crippen LogP contribution in [-0.4, -0.2) is 25.5 Å². The van der Waals surface area contributed by atoms with E-state index < -0.39 is 5.60 Å². The summed E-state index contributed by atoms with van der Waals surface area (Å²) < 4.78 is 15.4. The molecule has 3 atom stereocenters. The number of aromatic nitrogens is 3. The predicted molar refractivity (Wildman–Crippen MR) is 136 cm³/mol. The molecular weight excluding hydrogens is 451 g/mol. The van der Waals surface area contributed by atoms with Gasteiger partial charge in [-0.1, -0.05) is 6.07 Å². The van der Waals surface area contributed by atoms with Gasteiger partial charge in [-0.05, 0) is 111 Å². The summed E-state index contributed by atoms with van der Waals surface area (Å²) in [6.45, 7) is 0. The van der Waals surface area contributed by atoms with E-state index in [9.17, 15) is 14.8 Å². The van der Waals surface area contributed by atoms with Crippen LogP contribution in [-0.2, 0) is 18.3 Å². The molecule has 0 amide bonds. The number of rotatable bonds is 4. The van der Waals surface area contributed by atoms with Gasteiger partial charge < -0.3 is 5.11 Å². The lowest BCUT2D eigenvalue weighted by molar-refractivity contribution is -0.0439. The molecule has 0 radical (unpaired) electrons. The number of nitriles is 1. The Kier molecular flexibility index (Phi) is 5.61. The molecule has 0 bridgehead atoms. The Morgan fingerprint density at radius 3 is 2.78 bits per heavy atom. The van der Waals surface area contributed by atoms with E-state index in [0.29, 0.717) is 12.8 Å². The first-order valence-corrected chi connectivity index (χ1v) is 12.8. The molecule has 4 aromatic rings.